The maximum atomic E-state index is 12.6. The zero-order chi connectivity index (χ0) is 18.9. The molecule has 26 heavy (non-hydrogen) atoms. The van der Waals surface area contributed by atoms with E-state index in [-0.39, 0.29) is 6.04 Å². The molecule has 0 aliphatic carbocycles. The van der Waals surface area contributed by atoms with Gasteiger partial charge in [-0.2, -0.15) is 13.2 Å². The fraction of sp³-hybridized carbons (Fsp3) is 0.294. The molecule has 5 nitrogen and oxygen atoms in total. The molecule has 2 heterocycles. The van der Waals surface area contributed by atoms with Crippen LogP contribution in [0, 0.1) is 0 Å². The van der Waals surface area contributed by atoms with Gasteiger partial charge < -0.3 is 16.0 Å². The lowest BCUT2D eigenvalue weighted by Crippen LogP contribution is -2.28. The topological polar surface area (TPSA) is 71.2 Å². The number of carbonyl (C=O) groups excluding carboxylic acids is 1. The van der Waals surface area contributed by atoms with Gasteiger partial charge in [0.25, 0.3) is 5.91 Å². The van der Waals surface area contributed by atoms with Crippen LogP contribution in [0.25, 0.3) is 0 Å². The number of halogens is 4. The third-order valence-electron chi connectivity index (χ3n) is 4.20. The van der Waals surface area contributed by atoms with Crippen LogP contribution in [0.2, 0.25) is 0 Å². The Morgan fingerprint density at radius 2 is 2.08 bits per heavy atom. The van der Waals surface area contributed by atoms with Gasteiger partial charge in [-0.05, 0) is 36.8 Å². The van der Waals surface area contributed by atoms with E-state index in [1.54, 1.807) is 6.07 Å². The van der Waals surface area contributed by atoms with Crippen LogP contribution < -0.4 is 16.0 Å². The Morgan fingerprint density at radius 3 is 2.69 bits per heavy atom. The van der Waals surface area contributed by atoms with Gasteiger partial charge in [0.05, 0.1) is 11.1 Å². The normalized spacial score (nSPS) is 17.4. The number of primary amides is 1. The van der Waals surface area contributed by atoms with Crippen LogP contribution in [0.15, 0.2) is 41.0 Å². The minimum absolute atomic E-state index is 0.00334. The summed E-state index contributed by atoms with van der Waals surface area (Å²) in [6, 6.07) is 7.66. The van der Waals surface area contributed by atoms with Crippen molar-refractivity contribution in [1.82, 2.24) is 4.98 Å². The molecular formula is C17H16BrF3N4O. The Kier molecular flexibility index (Phi) is 5.08. The number of rotatable bonds is 4. The molecule has 1 fully saturated rings. The number of amides is 1. The number of nitrogens with two attached hydrogens (primary N) is 1. The van der Waals surface area contributed by atoms with Crippen LogP contribution in [0.1, 0.15) is 22.3 Å². The van der Waals surface area contributed by atoms with Crippen molar-refractivity contribution in [2.75, 3.05) is 23.3 Å². The van der Waals surface area contributed by atoms with Crippen LogP contribution in [-0.4, -0.2) is 30.0 Å². The summed E-state index contributed by atoms with van der Waals surface area (Å²) in [5.74, 6) is -0.127. The summed E-state index contributed by atoms with van der Waals surface area (Å²) >= 11 is 3.32. The molecule has 3 N–H and O–H groups in total. The molecule has 0 unspecified atom stereocenters. The van der Waals surface area contributed by atoms with Crippen LogP contribution in [0.4, 0.5) is 24.7 Å². The number of benzene rings is 1. The van der Waals surface area contributed by atoms with E-state index in [2.05, 4.69) is 26.2 Å². The average molecular weight is 429 g/mol. The Labute approximate surface area is 156 Å². The predicted molar refractivity (Wildman–Crippen MR) is 96.1 cm³/mol. The summed E-state index contributed by atoms with van der Waals surface area (Å²) in [7, 11) is 0. The Bertz CT molecular complexity index is 811. The first-order valence-electron chi connectivity index (χ1n) is 7.88. The number of nitrogens with zero attached hydrogens (tertiary/aromatic N) is 2. The van der Waals surface area contributed by atoms with E-state index in [4.69, 9.17) is 5.73 Å². The van der Waals surface area contributed by atoms with Gasteiger partial charge in [-0.15, -0.1) is 0 Å². The van der Waals surface area contributed by atoms with E-state index in [1.165, 1.54) is 6.07 Å². The number of anilines is 2. The lowest BCUT2D eigenvalue weighted by Gasteiger charge is -2.21. The highest BCUT2D eigenvalue weighted by Gasteiger charge is 2.31. The van der Waals surface area contributed by atoms with E-state index in [1.807, 2.05) is 17.0 Å². The first-order valence-corrected chi connectivity index (χ1v) is 8.67. The van der Waals surface area contributed by atoms with E-state index in [0.717, 1.165) is 28.8 Å². The van der Waals surface area contributed by atoms with Gasteiger partial charge in [-0.3, -0.25) is 4.79 Å². The van der Waals surface area contributed by atoms with Crippen molar-refractivity contribution in [2.24, 2.45) is 5.73 Å². The molecule has 2 aromatic rings. The summed E-state index contributed by atoms with van der Waals surface area (Å²) in [5, 5.41) is 3.13. The average Bonchev–Trinajstić information content (AvgIpc) is 3.02. The first kappa shape index (κ1) is 18.5. The fourth-order valence-corrected chi connectivity index (χ4v) is 3.30. The molecule has 0 saturated carbocycles. The second kappa shape index (κ2) is 7.14. The quantitative estimate of drug-likeness (QED) is 0.779. The lowest BCUT2D eigenvalue weighted by atomic mass is 10.1. The van der Waals surface area contributed by atoms with Crippen LogP contribution in [0.5, 0.6) is 0 Å². The summed E-state index contributed by atoms with van der Waals surface area (Å²) < 4.78 is 38.5. The highest BCUT2D eigenvalue weighted by molar-refractivity contribution is 9.10. The number of carbonyl (C=O) groups is 1. The highest BCUT2D eigenvalue weighted by atomic mass is 79.9. The highest BCUT2D eigenvalue weighted by Crippen LogP contribution is 2.30. The van der Waals surface area contributed by atoms with Gasteiger partial charge in [-0.1, -0.05) is 15.9 Å². The molecule has 1 aromatic carbocycles. The van der Waals surface area contributed by atoms with Crippen molar-refractivity contribution in [1.29, 1.82) is 0 Å². The van der Waals surface area contributed by atoms with Crippen LogP contribution >= 0.6 is 15.9 Å². The summed E-state index contributed by atoms with van der Waals surface area (Å²) in [5.41, 5.74) is 5.84. The smallest absolute Gasteiger partial charge is 0.369 e. The van der Waals surface area contributed by atoms with Crippen molar-refractivity contribution < 1.29 is 18.0 Å². The Hall–Kier alpha value is -2.29. The lowest BCUT2D eigenvalue weighted by molar-refractivity contribution is -0.137. The summed E-state index contributed by atoms with van der Waals surface area (Å²) in [4.78, 5) is 17.5. The molecule has 1 aliphatic heterocycles. The molecule has 138 valence electrons. The van der Waals surface area contributed by atoms with Gasteiger partial charge in [0.2, 0.25) is 0 Å². The maximum Gasteiger partial charge on any atom is 0.417 e. The van der Waals surface area contributed by atoms with Crippen LogP contribution in [-0.2, 0) is 6.18 Å². The zero-order valence-corrected chi connectivity index (χ0v) is 15.1. The molecule has 1 aromatic heterocycles. The van der Waals surface area contributed by atoms with E-state index in [9.17, 15) is 18.0 Å². The van der Waals surface area contributed by atoms with Crippen LogP contribution in [0.3, 0.4) is 0 Å². The maximum absolute atomic E-state index is 12.6. The molecule has 9 heteroatoms. The zero-order valence-electron chi connectivity index (χ0n) is 13.6. The molecular weight excluding hydrogens is 413 g/mol. The van der Waals surface area contributed by atoms with E-state index in [0.29, 0.717) is 24.5 Å². The SMILES string of the molecule is NC(=O)c1cc(Br)ccc1N1CC[C@H](Nc2ccc(C(F)(F)F)cn2)C1. The van der Waals surface area contributed by atoms with E-state index < -0.39 is 17.6 Å². The third-order valence-corrected chi connectivity index (χ3v) is 4.69. The first-order chi connectivity index (χ1) is 12.2. The standard InChI is InChI=1S/C17H16BrF3N4O/c18-11-2-3-14(13(7-11)16(22)26)25-6-5-12(9-25)24-15-4-1-10(8-23-15)17(19,20)21/h1-4,7-8,12H,5-6,9H2,(H2,22,26)(H,23,24)/t12-/m0/s1. The van der Waals surface area contributed by atoms with Crippen molar-refractivity contribution in [3.05, 3.63) is 52.1 Å². The number of aromatic nitrogens is 1. The molecule has 1 saturated heterocycles. The van der Waals surface area contributed by atoms with Gasteiger partial charge in [0.15, 0.2) is 0 Å². The van der Waals surface area contributed by atoms with Crippen molar-refractivity contribution >= 4 is 33.3 Å². The second-order valence-electron chi connectivity index (χ2n) is 6.03. The monoisotopic (exact) mass is 428 g/mol. The van der Waals surface area contributed by atoms with Crippen molar-refractivity contribution in [3.8, 4) is 0 Å². The van der Waals surface area contributed by atoms with Gasteiger partial charge in [0.1, 0.15) is 5.82 Å². The minimum Gasteiger partial charge on any atom is -0.369 e. The molecule has 1 amide bonds. The summed E-state index contributed by atoms with van der Waals surface area (Å²) in [6.07, 6.45) is -2.83. The molecule has 3 rings (SSSR count). The molecule has 1 aliphatic rings. The number of pyridine rings is 1. The third kappa shape index (κ3) is 4.09. The number of nitrogens with one attached hydrogen (secondary N) is 1. The van der Waals surface area contributed by atoms with Gasteiger partial charge >= 0.3 is 6.18 Å². The Morgan fingerprint density at radius 1 is 1.31 bits per heavy atom. The molecule has 0 spiro atoms. The molecule has 1 atom stereocenters. The molecule has 0 bridgehead atoms. The second-order valence-corrected chi connectivity index (χ2v) is 6.95. The molecule has 0 radical (unpaired) electrons. The van der Waals surface area contributed by atoms with Gasteiger partial charge in [0, 0.05) is 35.5 Å². The van der Waals surface area contributed by atoms with Gasteiger partial charge in [-0.25, -0.2) is 4.98 Å². The minimum atomic E-state index is -4.40. The number of hydrogen-bond donors (Lipinski definition) is 2. The number of alkyl halides is 3. The van der Waals surface area contributed by atoms with Crippen molar-refractivity contribution in [3.63, 3.8) is 0 Å². The van der Waals surface area contributed by atoms with Crippen molar-refractivity contribution in [2.45, 2.75) is 18.6 Å². The number of hydrogen-bond acceptors (Lipinski definition) is 4. The van der Waals surface area contributed by atoms with E-state index >= 15 is 0 Å². The Balaban J connectivity index is 1.69. The summed E-state index contributed by atoms with van der Waals surface area (Å²) in [6.45, 7) is 1.28. The largest absolute Gasteiger partial charge is 0.417 e. The predicted octanol–water partition coefficient (Wildman–Crippen LogP) is 3.65. The fourth-order valence-electron chi connectivity index (χ4n) is 2.93.